The van der Waals surface area contributed by atoms with Crippen LogP contribution in [0, 0.1) is 11.3 Å². The second kappa shape index (κ2) is 9.48. The van der Waals surface area contributed by atoms with Crippen LogP contribution in [0.1, 0.15) is 32.1 Å². The molecule has 0 aromatic carbocycles. The van der Waals surface area contributed by atoms with Crippen LogP contribution < -0.4 is 5.32 Å². The minimum absolute atomic E-state index is 0.0680. The number of hydrogen-bond donors (Lipinski definition) is 1. The first kappa shape index (κ1) is 19.4. The van der Waals surface area contributed by atoms with Crippen molar-refractivity contribution in [1.29, 1.82) is 5.26 Å². The maximum absolute atomic E-state index is 12.3. The fourth-order valence-corrected chi connectivity index (χ4v) is 2.70. The van der Waals surface area contributed by atoms with Gasteiger partial charge < -0.3 is 15.0 Å². The lowest BCUT2D eigenvalue weighted by Gasteiger charge is -2.32. The SMILES string of the molecule is COCCN(CC(=O)NC1(C#N)CCCCC1)CC(=O)N(C)C. The summed E-state index contributed by atoms with van der Waals surface area (Å²) in [5.74, 6) is -0.280. The topological polar surface area (TPSA) is 85.7 Å². The highest BCUT2D eigenvalue weighted by Crippen LogP contribution is 2.27. The van der Waals surface area contributed by atoms with Crippen molar-refractivity contribution in [3.8, 4) is 6.07 Å². The van der Waals surface area contributed by atoms with Gasteiger partial charge in [0.05, 0.1) is 25.8 Å². The molecule has 0 spiro atoms. The molecule has 0 bridgehead atoms. The van der Waals surface area contributed by atoms with Crippen LogP contribution >= 0.6 is 0 Å². The van der Waals surface area contributed by atoms with Crippen molar-refractivity contribution in [2.24, 2.45) is 0 Å². The second-order valence-corrected chi connectivity index (χ2v) is 6.29. The van der Waals surface area contributed by atoms with Crippen molar-refractivity contribution in [3.05, 3.63) is 0 Å². The van der Waals surface area contributed by atoms with Crippen LogP contribution in [0.15, 0.2) is 0 Å². The van der Waals surface area contributed by atoms with E-state index in [1.807, 2.05) is 0 Å². The number of nitriles is 1. The first-order valence-corrected chi connectivity index (χ1v) is 8.06. The van der Waals surface area contributed by atoms with Crippen LogP contribution in [0.2, 0.25) is 0 Å². The Hall–Kier alpha value is -1.65. The molecule has 2 amide bonds. The Bertz CT molecular complexity index is 439. The molecule has 1 aliphatic carbocycles. The zero-order valence-corrected chi connectivity index (χ0v) is 14.4. The van der Waals surface area contributed by atoms with Crippen molar-refractivity contribution in [3.63, 3.8) is 0 Å². The van der Waals surface area contributed by atoms with Gasteiger partial charge in [0.1, 0.15) is 5.54 Å². The van der Waals surface area contributed by atoms with E-state index in [2.05, 4.69) is 11.4 Å². The lowest BCUT2D eigenvalue weighted by molar-refractivity contribution is -0.131. The zero-order valence-electron chi connectivity index (χ0n) is 14.4. The van der Waals surface area contributed by atoms with E-state index in [0.717, 1.165) is 19.3 Å². The van der Waals surface area contributed by atoms with Gasteiger partial charge in [-0.15, -0.1) is 0 Å². The summed E-state index contributed by atoms with van der Waals surface area (Å²) in [5.41, 5.74) is -0.742. The Balaban J connectivity index is 2.61. The number of ether oxygens (including phenoxy) is 1. The van der Waals surface area contributed by atoms with Gasteiger partial charge in [-0.3, -0.25) is 14.5 Å². The van der Waals surface area contributed by atoms with E-state index in [9.17, 15) is 14.9 Å². The van der Waals surface area contributed by atoms with Crippen molar-refractivity contribution in [2.45, 2.75) is 37.6 Å². The van der Waals surface area contributed by atoms with Crippen molar-refractivity contribution < 1.29 is 14.3 Å². The molecule has 130 valence electrons. The lowest BCUT2D eigenvalue weighted by atomic mass is 9.83. The minimum atomic E-state index is -0.742. The van der Waals surface area contributed by atoms with Gasteiger partial charge in [-0.2, -0.15) is 5.26 Å². The molecule has 7 nitrogen and oxygen atoms in total. The Kier molecular flexibility index (Phi) is 8.00. The van der Waals surface area contributed by atoms with Crippen LogP contribution in [0.5, 0.6) is 0 Å². The fraction of sp³-hybridized carbons (Fsp3) is 0.812. The van der Waals surface area contributed by atoms with Crippen LogP contribution in [0.4, 0.5) is 0 Å². The summed E-state index contributed by atoms with van der Waals surface area (Å²) in [6.45, 7) is 1.18. The van der Waals surface area contributed by atoms with Crippen LogP contribution in [-0.4, -0.2) is 74.6 Å². The quantitative estimate of drug-likeness (QED) is 0.697. The largest absolute Gasteiger partial charge is 0.383 e. The summed E-state index contributed by atoms with van der Waals surface area (Å²) in [6.07, 6.45) is 4.42. The molecular formula is C16H28N4O3. The minimum Gasteiger partial charge on any atom is -0.383 e. The Morgan fingerprint density at radius 3 is 2.39 bits per heavy atom. The number of hydrogen-bond acceptors (Lipinski definition) is 5. The van der Waals surface area contributed by atoms with E-state index in [0.29, 0.717) is 26.0 Å². The summed E-state index contributed by atoms with van der Waals surface area (Å²) >= 11 is 0. The van der Waals surface area contributed by atoms with Gasteiger partial charge in [-0.1, -0.05) is 19.3 Å². The van der Waals surface area contributed by atoms with Crippen LogP contribution in [0.25, 0.3) is 0 Å². The lowest BCUT2D eigenvalue weighted by Crippen LogP contribution is -2.52. The fourth-order valence-electron chi connectivity index (χ4n) is 2.70. The summed E-state index contributed by atoms with van der Waals surface area (Å²) in [6, 6.07) is 2.27. The third kappa shape index (κ3) is 6.55. The molecule has 0 aromatic heterocycles. The number of carbonyl (C=O) groups is 2. The summed E-state index contributed by atoms with van der Waals surface area (Å²) in [7, 11) is 4.95. The molecule has 0 aliphatic heterocycles. The Labute approximate surface area is 138 Å². The van der Waals surface area contributed by atoms with E-state index in [4.69, 9.17) is 4.74 Å². The molecule has 0 atom stereocenters. The number of nitrogens with zero attached hydrogens (tertiary/aromatic N) is 3. The number of carbonyl (C=O) groups excluding carboxylic acids is 2. The number of rotatable bonds is 8. The highest BCUT2D eigenvalue weighted by molar-refractivity contribution is 5.81. The molecule has 0 aromatic rings. The molecule has 23 heavy (non-hydrogen) atoms. The van der Waals surface area contributed by atoms with Gasteiger partial charge in [0.2, 0.25) is 11.8 Å². The molecule has 1 fully saturated rings. The summed E-state index contributed by atoms with van der Waals surface area (Å²) < 4.78 is 5.04. The average Bonchev–Trinajstić information content (AvgIpc) is 2.53. The molecule has 0 radical (unpaired) electrons. The molecular weight excluding hydrogens is 296 g/mol. The van der Waals surface area contributed by atoms with Gasteiger partial charge >= 0.3 is 0 Å². The number of likely N-dealkylation sites (N-methyl/N-ethyl adjacent to an activating group) is 1. The second-order valence-electron chi connectivity index (χ2n) is 6.29. The first-order valence-electron chi connectivity index (χ1n) is 8.06. The van der Waals surface area contributed by atoms with Gasteiger partial charge in [0.15, 0.2) is 0 Å². The van der Waals surface area contributed by atoms with Crippen molar-refractivity contribution in [2.75, 3.05) is 47.4 Å². The van der Waals surface area contributed by atoms with Crippen molar-refractivity contribution in [1.82, 2.24) is 15.1 Å². The molecule has 7 heteroatoms. The normalized spacial score (nSPS) is 16.7. The maximum atomic E-state index is 12.3. The highest BCUT2D eigenvalue weighted by atomic mass is 16.5. The third-order valence-electron chi connectivity index (χ3n) is 4.14. The molecule has 0 heterocycles. The predicted octanol–water partition coefficient (Wildman–Crippen LogP) is 0.366. The summed E-state index contributed by atoms with van der Waals surface area (Å²) in [4.78, 5) is 27.4. The van der Waals surface area contributed by atoms with E-state index < -0.39 is 5.54 Å². The Morgan fingerprint density at radius 1 is 1.22 bits per heavy atom. The molecule has 1 N–H and O–H groups in total. The average molecular weight is 324 g/mol. The van der Waals surface area contributed by atoms with Gasteiger partial charge in [-0.25, -0.2) is 0 Å². The standard InChI is InChI=1S/C16H28N4O3/c1-19(2)15(22)12-20(9-10-23-3)11-14(21)18-16(13-17)7-5-4-6-8-16/h4-12H2,1-3H3,(H,18,21). The zero-order chi connectivity index (χ0) is 17.3. The van der Waals surface area contributed by atoms with E-state index in [1.165, 1.54) is 4.90 Å². The third-order valence-corrected chi connectivity index (χ3v) is 4.14. The molecule has 1 saturated carbocycles. The van der Waals surface area contributed by atoms with E-state index in [-0.39, 0.29) is 24.9 Å². The van der Waals surface area contributed by atoms with E-state index >= 15 is 0 Å². The van der Waals surface area contributed by atoms with Crippen molar-refractivity contribution >= 4 is 11.8 Å². The van der Waals surface area contributed by atoms with Crippen LogP contribution in [-0.2, 0) is 14.3 Å². The number of nitrogens with one attached hydrogen (secondary N) is 1. The number of methoxy groups -OCH3 is 1. The highest BCUT2D eigenvalue weighted by Gasteiger charge is 2.33. The molecule has 0 saturated heterocycles. The molecule has 1 aliphatic rings. The maximum Gasteiger partial charge on any atom is 0.236 e. The number of amides is 2. The molecule has 1 rings (SSSR count). The smallest absolute Gasteiger partial charge is 0.236 e. The predicted molar refractivity (Wildman–Crippen MR) is 86.6 cm³/mol. The van der Waals surface area contributed by atoms with Gasteiger partial charge in [0.25, 0.3) is 0 Å². The van der Waals surface area contributed by atoms with E-state index in [1.54, 1.807) is 26.1 Å². The first-order chi connectivity index (χ1) is 10.9. The van der Waals surface area contributed by atoms with Gasteiger partial charge in [0, 0.05) is 27.7 Å². The monoisotopic (exact) mass is 324 g/mol. The Morgan fingerprint density at radius 2 is 1.87 bits per heavy atom. The summed E-state index contributed by atoms with van der Waals surface area (Å²) in [5, 5.41) is 12.3. The van der Waals surface area contributed by atoms with Gasteiger partial charge in [-0.05, 0) is 12.8 Å². The molecule has 0 unspecified atom stereocenters. The van der Waals surface area contributed by atoms with Crippen LogP contribution in [0.3, 0.4) is 0 Å².